The van der Waals surface area contributed by atoms with E-state index in [0.29, 0.717) is 12.2 Å². The van der Waals surface area contributed by atoms with Gasteiger partial charge in [-0.2, -0.15) is 0 Å². The lowest BCUT2D eigenvalue weighted by atomic mass is 10.1. The molecule has 4 nitrogen and oxygen atoms in total. The zero-order chi connectivity index (χ0) is 11.8. The summed E-state index contributed by atoms with van der Waals surface area (Å²) in [5.41, 5.74) is 0. The Bertz CT molecular complexity index is 201. The molecule has 1 saturated heterocycles. The van der Waals surface area contributed by atoms with Gasteiger partial charge in [-0.3, -0.25) is 9.69 Å². The van der Waals surface area contributed by atoms with Gasteiger partial charge in [-0.1, -0.05) is 13.8 Å². The monoisotopic (exact) mass is 228 g/mol. The van der Waals surface area contributed by atoms with Crippen molar-refractivity contribution in [2.75, 3.05) is 45.9 Å². The number of Topliss-reactive ketones (excluding diaryl/α,β-unsaturated/α-hetero) is 1. The molecular formula is C12H24N2O2. The Hall–Kier alpha value is -0.450. The van der Waals surface area contributed by atoms with Gasteiger partial charge in [0.2, 0.25) is 0 Å². The van der Waals surface area contributed by atoms with E-state index in [9.17, 15) is 4.79 Å². The second kappa shape index (κ2) is 7.76. The summed E-state index contributed by atoms with van der Waals surface area (Å²) in [5.74, 6) is 0.514. The molecule has 1 heterocycles. The SMILES string of the molecule is CC(C)C(=O)CCNCCN1CCOCC1. The Morgan fingerprint density at radius 2 is 2.00 bits per heavy atom. The van der Waals surface area contributed by atoms with Gasteiger partial charge in [0.05, 0.1) is 13.2 Å². The maximum Gasteiger partial charge on any atom is 0.136 e. The van der Waals surface area contributed by atoms with Gasteiger partial charge in [-0.25, -0.2) is 0 Å². The van der Waals surface area contributed by atoms with Gasteiger partial charge in [-0.15, -0.1) is 0 Å². The molecule has 0 atom stereocenters. The highest BCUT2D eigenvalue weighted by atomic mass is 16.5. The minimum atomic E-state index is 0.168. The number of nitrogens with one attached hydrogen (secondary N) is 1. The van der Waals surface area contributed by atoms with E-state index < -0.39 is 0 Å². The van der Waals surface area contributed by atoms with E-state index in [1.807, 2.05) is 13.8 Å². The van der Waals surface area contributed by atoms with Crippen molar-refractivity contribution in [3.63, 3.8) is 0 Å². The number of carbonyl (C=O) groups is 1. The third-order valence-electron chi connectivity index (χ3n) is 2.90. The first-order valence-corrected chi connectivity index (χ1v) is 6.23. The second-order valence-corrected chi connectivity index (χ2v) is 4.58. The average Bonchev–Trinajstić information content (AvgIpc) is 2.29. The molecule has 94 valence electrons. The number of carbonyl (C=O) groups excluding carboxylic acids is 1. The quantitative estimate of drug-likeness (QED) is 0.645. The molecule has 4 heteroatoms. The molecule has 1 rings (SSSR count). The molecule has 0 spiro atoms. The molecule has 0 aromatic carbocycles. The molecule has 0 aromatic heterocycles. The Kier molecular flexibility index (Phi) is 6.61. The van der Waals surface area contributed by atoms with Crippen LogP contribution in [0.25, 0.3) is 0 Å². The number of hydrogen-bond acceptors (Lipinski definition) is 4. The molecule has 1 aliphatic heterocycles. The molecule has 0 bridgehead atoms. The van der Waals surface area contributed by atoms with Crippen molar-refractivity contribution in [2.45, 2.75) is 20.3 Å². The maximum absolute atomic E-state index is 11.3. The number of nitrogens with zero attached hydrogens (tertiary/aromatic N) is 1. The first-order chi connectivity index (χ1) is 7.70. The van der Waals surface area contributed by atoms with Crippen LogP contribution < -0.4 is 5.32 Å². The van der Waals surface area contributed by atoms with Gasteiger partial charge in [0.15, 0.2) is 0 Å². The van der Waals surface area contributed by atoms with Gasteiger partial charge < -0.3 is 10.1 Å². The molecule has 1 aliphatic rings. The van der Waals surface area contributed by atoms with Crippen molar-refractivity contribution in [2.24, 2.45) is 5.92 Å². The molecule has 0 amide bonds. The first-order valence-electron chi connectivity index (χ1n) is 6.23. The summed E-state index contributed by atoms with van der Waals surface area (Å²) in [6.45, 7) is 10.5. The molecule has 0 aliphatic carbocycles. The summed E-state index contributed by atoms with van der Waals surface area (Å²) in [6, 6.07) is 0. The normalized spacial score (nSPS) is 17.9. The van der Waals surface area contributed by atoms with Crippen molar-refractivity contribution in [3.05, 3.63) is 0 Å². The predicted octanol–water partition coefficient (Wildman–Crippen LogP) is 0.523. The van der Waals surface area contributed by atoms with E-state index in [1.54, 1.807) is 0 Å². The Labute approximate surface area is 98.3 Å². The number of rotatable bonds is 7. The van der Waals surface area contributed by atoms with Crippen LogP contribution in [-0.2, 0) is 9.53 Å². The van der Waals surface area contributed by atoms with E-state index in [2.05, 4.69) is 10.2 Å². The topological polar surface area (TPSA) is 41.6 Å². The molecule has 1 N–H and O–H groups in total. The van der Waals surface area contributed by atoms with Crippen LogP contribution in [0.2, 0.25) is 0 Å². The van der Waals surface area contributed by atoms with Crippen LogP contribution in [-0.4, -0.2) is 56.6 Å². The summed E-state index contributed by atoms with van der Waals surface area (Å²) < 4.78 is 5.28. The molecular weight excluding hydrogens is 204 g/mol. The van der Waals surface area contributed by atoms with Crippen LogP contribution in [0.3, 0.4) is 0 Å². The van der Waals surface area contributed by atoms with Crippen molar-refractivity contribution in [1.29, 1.82) is 0 Å². The van der Waals surface area contributed by atoms with Crippen molar-refractivity contribution < 1.29 is 9.53 Å². The van der Waals surface area contributed by atoms with Crippen LogP contribution in [0, 0.1) is 5.92 Å². The van der Waals surface area contributed by atoms with Gasteiger partial charge in [-0.05, 0) is 0 Å². The highest BCUT2D eigenvalue weighted by Gasteiger charge is 2.09. The highest BCUT2D eigenvalue weighted by Crippen LogP contribution is 1.97. The number of ether oxygens (including phenoxy) is 1. The Morgan fingerprint density at radius 1 is 1.31 bits per heavy atom. The van der Waals surface area contributed by atoms with Gasteiger partial charge >= 0.3 is 0 Å². The Morgan fingerprint density at radius 3 is 2.62 bits per heavy atom. The highest BCUT2D eigenvalue weighted by molar-refractivity contribution is 5.80. The lowest BCUT2D eigenvalue weighted by Crippen LogP contribution is -2.40. The summed E-state index contributed by atoms with van der Waals surface area (Å²) >= 11 is 0. The van der Waals surface area contributed by atoms with Crippen LogP contribution in [0.1, 0.15) is 20.3 Å². The fourth-order valence-electron chi connectivity index (χ4n) is 1.69. The van der Waals surface area contributed by atoms with Crippen molar-refractivity contribution >= 4 is 5.78 Å². The van der Waals surface area contributed by atoms with Crippen LogP contribution in [0.15, 0.2) is 0 Å². The summed E-state index contributed by atoms with van der Waals surface area (Å²) in [5, 5.41) is 3.32. The molecule has 0 aromatic rings. The van der Waals surface area contributed by atoms with E-state index in [1.165, 1.54) is 0 Å². The van der Waals surface area contributed by atoms with Crippen molar-refractivity contribution in [3.8, 4) is 0 Å². The molecule has 0 saturated carbocycles. The fourth-order valence-corrected chi connectivity index (χ4v) is 1.69. The molecule has 0 radical (unpaired) electrons. The third-order valence-corrected chi connectivity index (χ3v) is 2.90. The fraction of sp³-hybridized carbons (Fsp3) is 0.917. The maximum atomic E-state index is 11.3. The third kappa shape index (κ3) is 5.58. The summed E-state index contributed by atoms with van der Waals surface area (Å²) in [4.78, 5) is 13.7. The zero-order valence-corrected chi connectivity index (χ0v) is 10.5. The molecule has 1 fully saturated rings. The largest absolute Gasteiger partial charge is 0.379 e. The van der Waals surface area contributed by atoms with Crippen LogP contribution in [0.4, 0.5) is 0 Å². The van der Waals surface area contributed by atoms with Crippen LogP contribution in [0.5, 0.6) is 0 Å². The lowest BCUT2D eigenvalue weighted by Gasteiger charge is -2.26. The number of morpholine rings is 1. The first kappa shape index (κ1) is 13.6. The number of ketones is 1. The zero-order valence-electron chi connectivity index (χ0n) is 10.5. The minimum absolute atomic E-state index is 0.168. The van der Waals surface area contributed by atoms with E-state index in [4.69, 9.17) is 4.74 Å². The second-order valence-electron chi connectivity index (χ2n) is 4.58. The van der Waals surface area contributed by atoms with Gasteiger partial charge in [0.25, 0.3) is 0 Å². The summed E-state index contributed by atoms with van der Waals surface area (Å²) in [7, 11) is 0. The molecule has 16 heavy (non-hydrogen) atoms. The minimum Gasteiger partial charge on any atom is -0.379 e. The summed E-state index contributed by atoms with van der Waals surface area (Å²) in [6.07, 6.45) is 0.654. The van der Waals surface area contributed by atoms with Gasteiger partial charge in [0, 0.05) is 45.1 Å². The van der Waals surface area contributed by atoms with Crippen molar-refractivity contribution in [1.82, 2.24) is 10.2 Å². The van der Waals surface area contributed by atoms with E-state index in [0.717, 1.165) is 45.9 Å². The smallest absolute Gasteiger partial charge is 0.136 e. The Balaban J connectivity index is 1.93. The predicted molar refractivity (Wildman–Crippen MR) is 64.6 cm³/mol. The lowest BCUT2D eigenvalue weighted by molar-refractivity contribution is -0.121. The number of hydrogen-bond donors (Lipinski definition) is 1. The van der Waals surface area contributed by atoms with Crippen LogP contribution >= 0.6 is 0 Å². The average molecular weight is 228 g/mol. The van der Waals surface area contributed by atoms with Gasteiger partial charge in [0.1, 0.15) is 5.78 Å². The molecule has 0 unspecified atom stereocenters. The standard InChI is InChI=1S/C12H24N2O2/c1-11(2)12(15)3-4-13-5-6-14-7-9-16-10-8-14/h11,13H,3-10H2,1-2H3. The van der Waals surface area contributed by atoms with E-state index >= 15 is 0 Å². The van der Waals surface area contributed by atoms with E-state index in [-0.39, 0.29) is 5.92 Å².